The monoisotopic (exact) mass is 303 g/mol. The molecule has 1 heterocycles. The number of amides is 1. The smallest absolute Gasteiger partial charge is 0.274 e. The van der Waals surface area contributed by atoms with E-state index in [0.717, 1.165) is 6.42 Å². The Balaban J connectivity index is 2.16. The van der Waals surface area contributed by atoms with Gasteiger partial charge >= 0.3 is 0 Å². The van der Waals surface area contributed by atoms with Crippen molar-refractivity contribution in [1.29, 1.82) is 0 Å². The van der Waals surface area contributed by atoms with Crippen LogP contribution in [0, 0.1) is 5.82 Å². The van der Waals surface area contributed by atoms with E-state index in [-0.39, 0.29) is 29.5 Å². The first-order valence-electron chi connectivity index (χ1n) is 7.09. The number of carbonyl (C=O) groups is 1. The molecule has 0 N–H and O–H groups in total. The maximum atomic E-state index is 13.2. The van der Waals surface area contributed by atoms with Crippen molar-refractivity contribution in [2.24, 2.45) is 0 Å². The highest BCUT2D eigenvalue weighted by Gasteiger charge is 2.15. The number of aromatic nitrogens is 2. The van der Waals surface area contributed by atoms with Crippen molar-refractivity contribution >= 4 is 5.91 Å². The molecule has 0 bridgehead atoms. The number of aryl methyl sites for hydroxylation is 1. The third-order valence-electron chi connectivity index (χ3n) is 3.18. The van der Waals surface area contributed by atoms with Gasteiger partial charge in [-0.3, -0.25) is 9.59 Å². The summed E-state index contributed by atoms with van der Waals surface area (Å²) in [7, 11) is 1.62. The van der Waals surface area contributed by atoms with E-state index in [0.29, 0.717) is 12.1 Å². The van der Waals surface area contributed by atoms with Gasteiger partial charge in [-0.2, -0.15) is 5.10 Å². The van der Waals surface area contributed by atoms with Gasteiger partial charge < -0.3 is 4.90 Å². The highest BCUT2D eigenvalue weighted by Crippen LogP contribution is 2.08. The zero-order valence-corrected chi connectivity index (χ0v) is 12.6. The Morgan fingerprint density at radius 1 is 1.32 bits per heavy atom. The van der Waals surface area contributed by atoms with Gasteiger partial charge in [0.15, 0.2) is 0 Å². The molecule has 116 valence electrons. The van der Waals surface area contributed by atoms with Gasteiger partial charge in [0.25, 0.3) is 11.5 Å². The van der Waals surface area contributed by atoms with Gasteiger partial charge in [-0.1, -0.05) is 19.1 Å². The molecule has 0 spiro atoms. The molecule has 2 rings (SSSR count). The maximum absolute atomic E-state index is 13.2. The van der Waals surface area contributed by atoms with E-state index in [2.05, 4.69) is 5.10 Å². The first-order valence-corrected chi connectivity index (χ1v) is 7.09. The van der Waals surface area contributed by atoms with E-state index in [1.807, 2.05) is 6.92 Å². The van der Waals surface area contributed by atoms with Crippen molar-refractivity contribution in [2.75, 3.05) is 7.05 Å². The van der Waals surface area contributed by atoms with Crippen LogP contribution in [0.5, 0.6) is 0 Å². The lowest BCUT2D eigenvalue weighted by Crippen LogP contribution is -2.31. The minimum Gasteiger partial charge on any atom is -0.336 e. The Morgan fingerprint density at radius 3 is 2.77 bits per heavy atom. The van der Waals surface area contributed by atoms with Crippen LogP contribution in [0.1, 0.15) is 29.4 Å². The predicted molar refractivity (Wildman–Crippen MR) is 81.0 cm³/mol. The summed E-state index contributed by atoms with van der Waals surface area (Å²) in [5.41, 5.74) is 0.663. The molecule has 1 aromatic carbocycles. The van der Waals surface area contributed by atoms with Gasteiger partial charge in [-0.15, -0.1) is 0 Å². The van der Waals surface area contributed by atoms with E-state index in [4.69, 9.17) is 0 Å². The van der Waals surface area contributed by atoms with Crippen molar-refractivity contribution in [3.05, 3.63) is 63.8 Å². The Hall–Kier alpha value is -2.50. The second kappa shape index (κ2) is 6.98. The van der Waals surface area contributed by atoms with E-state index in [1.54, 1.807) is 19.2 Å². The van der Waals surface area contributed by atoms with Crippen LogP contribution in [-0.2, 0) is 13.1 Å². The fraction of sp³-hybridized carbons (Fsp3) is 0.312. The van der Waals surface area contributed by atoms with Crippen molar-refractivity contribution in [3.8, 4) is 0 Å². The van der Waals surface area contributed by atoms with Crippen LogP contribution in [-0.4, -0.2) is 27.6 Å². The van der Waals surface area contributed by atoms with Crippen molar-refractivity contribution in [2.45, 2.75) is 26.4 Å². The van der Waals surface area contributed by atoms with E-state index in [1.165, 1.54) is 33.8 Å². The van der Waals surface area contributed by atoms with Crippen LogP contribution in [0.3, 0.4) is 0 Å². The second-order valence-corrected chi connectivity index (χ2v) is 5.07. The average molecular weight is 303 g/mol. The third kappa shape index (κ3) is 3.78. The first kappa shape index (κ1) is 15.9. The molecule has 0 saturated heterocycles. The first-order chi connectivity index (χ1) is 10.5. The highest BCUT2D eigenvalue weighted by molar-refractivity contribution is 5.91. The molecule has 6 heteroatoms. The lowest BCUT2D eigenvalue weighted by Gasteiger charge is -2.17. The molecule has 22 heavy (non-hydrogen) atoms. The molecule has 0 saturated carbocycles. The molecular weight excluding hydrogens is 285 g/mol. The summed E-state index contributed by atoms with van der Waals surface area (Å²) < 4.78 is 14.5. The number of halogens is 1. The van der Waals surface area contributed by atoms with Gasteiger partial charge in [0.1, 0.15) is 11.5 Å². The number of hydrogen-bond acceptors (Lipinski definition) is 3. The van der Waals surface area contributed by atoms with Crippen LogP contribution in [0.2, 0.25) is 0 Å². The summed E-state index contributed by atoms with van der Waals surface area (Å²) in [6.45, 7) is 2.66. The molecular formula is C16H18FN3O2. The molecule has 0 aliphatic carbocycles. The molecule has 0 atom stereocenters. The number of carbonyl (C=O) groups excluding carboxylic acids is 1. The normalized spacial score (nSPS) is 10.5. The minimum atomic E-state index is -0.340. The quantitative estimate of drug-likeness (QED) is 0.849. The van der Waals surface area contributed by atoms with Crippen molar-refractivity contribution < 1.29 is 9.18 Å². The number of rotatable bonds is 5. The molecule has 5 nitrogen and oxygen atoms in total. The molecule has 0 unspecified atom stereocenters. The fourth-order valence-corrected chi connectivity index (χ4v) is 2.11. The fourth-order valence-electron chi connectivity index (χ4n) is 2.11. The molecule has 0 aliphatic heterocycles. The Bertz CT molecular complexity index is 727. The zero-order chi connectivity index (χ0) is 16.1. The summed E-state index contributed by atoms with van der Waals surface area (Å²) in [4.78, 5) is 25.4. The molecule has 0 fully saturated rings. The van der Waals surface area contributed by atoms with E-state index < -0.39 is 0 Å². The van der Waals surface area contributed by atoms with Crippen LogP contribution >= 0.6 is 0 Å². The third-order valence-corrected chi connectivity index (χ3v) is 3.18. The van der Waals surface area contributed by atoms with E-state index in [9.17, 15) is 14.0 Å². The second-order valence-electron chi connectivity index (χ2n) is 5.07. The standard InChI is InChI=1S/C16H18FN3O2/c1-3-9-20-15(21)8-7-14(18-20)16(22)19(2)11-12-5-4-6-13(17)10-12/h4-8,10H,3,9,11H2,1-2H3. The zero-order valence-electron chi connectivity index (χ0n) is 12.6. The van der Waals surface area contributed by atoms with Gasteiger partial charge in [-0.25, -0.2) is 9.07 Å². The summed E-state index contributed by atoms with van der Waals surface area (Å²) in [5, 5.41) is 4.08. The average Bonchev–Trinajstić information content (AvgIpc) is 2.49. The lowest BCUT2D eigenvalue weighted by atomic mass is 10.2. The number of hydrogen-bond donors (Lipinski definition) is 0. The van der Waals surface area contributed by atoms with Crippen molar-refractivity contribution in [3.63, 3.8) is 0 Å². The lowest BCUT2D eigenvalue weighted by molar-refractivity contribution is 0.0776. The molecule has 1 aromatic heterocycles. The maximum Gasteiger partial charge on any atom is 0.274 e. The van der Waals surface area contributed by atoms with Crippen molar-refractivity contribution in [1.82, 2.24) is 14.7 Å². The molecule has 1 amide bonds. The topological polar surface area (TPSA) is 55.2 Å². The van der Waals surface area contributed by atoms with E-state index >= 15 is 0 Å². The molecule has 0 radical (unpaired) electrons. The summed E-state index contributed by atoms with van der Waals surface area (Å²) in [6.07, 6.45) is 0.754. The summed E-state index contributed by atoms with van der Waals surface area (Å²) >= 11 is 0. The Morgan fingerprint density at radius 2 is 2.09 bits per heavy atom. The van der Waals surface area contributed by atoms with Crippen LogP contribution in [0.25, 0.3) is 0 Å². The molecule has 0 aliphatic rings. The van der Waals surface area contributed by atoms with Crippen LogP contribution in [0.15, 0.2) is 41.2 Å². The Kier molecular flexibility index (Phi) is 5.04. The Labute approximate surface area is 128 Å². The van der Waals surface area contributed by atoms with Crippen LogP contribution in [0.4, 0.5) is 4.39 Å². The van der Waals surface area contributed by atoms with Crippen LogP contribution < -0.4 is 5.56 Å². The summed E-state index contributed by atoms with van der Waals surface area (Å²) in [5.74, 6) is -0.651. The minimum absolute atomic E-state index is 0.201. The van der Waals surface area contributed by atoms with Gasteiger partial charge in [0, 0.05) is 26.2 Å². The SMILES string of the molecule is CCCn1nc(C(=O)N(C)Cc2cccc(F)c2)ccc1=O. The van der Waals surface area contributed by atoms with Gasteiger partial charge in [0.2, 0.25) is 0 Å². The number of nitrogens with zero attached hydrogens (tertiary/aromatic N) is 3. The number of benzene rings is 1. The van der Waals surface area contributed by atoms with Gasteiger partial charge in [0.05, 0.1) is 0 Å². The van der Waals surface area contributed by atoms with Gasteiger partial charge in [-0.05, 0) is 30.2 Å². The predicted octanol–water partition coefficient (Wildman–Crippen LogP) is 2.06. The highest BCUT2D eigenvalue weighted by atomic mass is 19.1. The summed E-state index contributed by atoms with van der Waals surface area (Å²) in [6, 6.07) is 8.84. The largest absolute Gasteiger partial charge is 0.336 e. The molecule has 2 aromatic rings.